The van der Waals surface area contributed by atoms with Crippen molar-refractivity contribution in [3.63, 3.8) is 0 Å². The summed E-state index contributed by atoms with van der Waals surface area (Å²) in [4.78, 5) is 0. The molecule has 2 rings (SSSR count). The van der Waals surface area contributed by atoms with Crippen molar-refractivity contribution < 1.29 is 23.1 Å². The normalized spacial score (nSPS) is 14.1. The van der Waals surface area contributed by atoms with Crippen LogP contribution in [-0.2, 0) is 18.0 Å². The van der Waals surface area contributed by atoms with Gasteiger partial charge in [0.05, 0.1) is 6.61 Å². The minimum atomic E-state index is -3.64. The molecular weight excluding hydrogens is 379 g/mol. The minimum absolute atomic E-state index is 0.147. The van der Waals surface area contributed by atoms with Crippen molar-refractivity contribution in [2.24, 2.45) is 0 Å². The molecule has 1 atom stereocenters. The van der Waals surface area contributed by atoms with Gasteiger partial charge in [-0.25, -0.2) is 0 Å². The first-order valence-corrected chi connectivity index (χ1v) is 12.4. The molecule has 2 aromatic rings. The third kappa shape index (κ3) is 4.42. The van der Waals surface area contributed by atoms with Crippen LogP contribution in [0.3, 0.4) is 0 Å². The predicted octanol–water partition coefficient (Wildman–Crippen LogP) is 3.37. The van der Waals surface area contributed by atoms with Crippen molar-refractivity contribution >= 4 is 26.3 Å². The van der Waals surface area contributed by atoms with E-state index in [0.29, 0.717) is 0 Å². The maximum atomic E-state index is 12.5. The van der Waals surface area contributed by atoms with Gasteiger partial charge in [0.25, 0.3) is 8.32 Å². The van der Waals surface area contributed by atoms with E-state index in [9.17, 15) is 9.67 Å². The fourth-order valence-corrected chi connectivity index (χ4v) is 8.97. The van der Waals surface area contributed by atoms with Gasteiger partial charge < -0.3 is 18.6 Å². The Balaban J connectivity index is 2.55. The third-order valence-electron chi connectivity index (χ3n) is 4.74. The molecule has 0 aliphatic heterocycles. The lowest BCUT2D eigenvalue weighted by molar-refractivity contribution is 0.121. The number of aliphatic hydroxyl groups excluding tert-OH is 1. The second-order valence-corrected chi connectivity index (χ2v) is 14.1. The molecular formula is C20H29O5PSi. The van der Waals surface area contributed by atoms with Crippen molar-refractivity contribution in [1.82, 2.24) is 0 Å². The molecule has 0 spiro atoms. The molecule has 7 heteroatoms. The fraction of sp³-hybridized carbons (Fsp3) is 0.400. The summed E-state index contributed by atoms with van der Waals surface area (Å²) in [5.74, 6) is -1.37. The zero-order valence-corrected chi connectivity index (χ0v) is 18.5. The van der Waals surface area contributed by atoms with Crippen molar-refractivity contribution in [2.75, 3.05) is 20.8 Å². The number of benzene rings is 2. The Labute approximate surface area is 163 Å². The molecule has 0 amide bonds. The second-order valence-electron chi connectivity index (χ2n) is 7.36. The Kier molecular flexibility index (Phi) is 7.19. The molecule has 0 unspecified atom stereocenters. The van der Waals surface area contributed by atoms with E-state index in [0.717, 1.165) is 10.4 Å². The topological polar surface area (TPSA) is 65.0 Å². The lowest BCUT2D eigenvalue weighted by Gasteiger charge is -2.43. The van der Waals surface area contributed by atoms with Crippen LogP contribution in [0.25, 0.3) is 0 Å². The highest BCUT2D eigenvalue weighted by molar-refractivity contribution is 7.54. The van der Waals surface area contributed by atoms with E-state index in [-0.39, 0.29) is 11.6 Å². The summed E-state index contributed by atoms with van der Waals surface area (Å²) in [6.07, 6.45) is 0. The van der Waals surface area contributed by atoms with Crippen molar-refractivity contribution in [3.05, 3.63) is 60.7 Å². The second kappa shape index (κ2) is 8.82. The first kappa shape index (κ1) is 22.0. The van der Waals surface area contributed by atoms with Gasteiger partial charge in [0, 0.05) is 14.2 Å². The summed E-state index contributed by atoms with van der Waals surface area (Å²) in [7, 11) is -3.93. The molecule has 0 fully saturated rings. The summed E-state index contributed by atoms with van der Waals surface area (Å²) in [6, 6.07) is 20.1. The van der Waals surface area contributed by atoms with E-state index >= 15 is 0 Å². The zero-order chi connectivity index (χ0) is 20.1. The van der Waals surface area contributed by atoms with Crippen molar-refractivity contribution in [1.29, 1.82) is 0 Å². The molecule has 2 aromatic carbocycles. The van der Waals surface area contributed by atoms with Crippen LogP contribution in [0.1, 0.15) is 20.8 Å². The Morgan fingerprint density at radius 3 is 1.67 bits per heavy atom. The molecule has 0 radical (unpaired) electrons. The van der Waals surface area contributed by atoms with Crippen LogP contribution in [-0.4, -0.2) is 40.1 Å². The Morgan fingerprint density at radius 1 is 0.926 bits per heavy atom. The Hall–Kier alpha value is -1.27. The Bertz CT molecular complexity index is 713. The SMILES string of the molecule is COP(=O)(OC)[C@@H](O)CO[Si](c1ccccc1)(c1ccccc1)C(C)(C)C. The molecule has 0 aromatic heterocycles. The number of aliphatic hydroxyl groups is 1. The van der Waals surface area contributed by atoms with Gasteiger partial charge in [0.15, 0.2) is 5.85 Å². The maximum Gasteiger partial charge on any atom is 0.360 e. The maximum absolute atomic E-state index is 12.5. The van der Waals surface area contributed by atoms with E-state index < -0.39 is 21.8 Å². The van der Waals surface area contributed by atoms with Crippen LogP contribution in [0.5, 0.6) is 0 Å². The molecule has 0 heterocycles. The van der Waals surface area contributed by atoms with Crippen molar-refractivity contribution in [2.45, 2.75) is 31.7 Å². The average Bonchev–Trinajstić information content (AvgIpc) is 2.68. The summed E-state index contributed by atoms with van der Waals surface area (Å²) < 4.78 is 28.9. The molecule has 0 saturated carbocycles. The van der Waals surface area contributed by atoms with Crippen LogP contribution in [0, 0.1) is 0 Å². The number of hydrogen-bond acceptors (Lipinski definition) is 5. The quantitative estimate of drug-likeness (QED) is 0.536. The third-order valence-corrected chi connectivity index (χ3v) is 11.6. The van der Waals surface area contributed by atoms with E-state index in [1.807, 2.05) is 36.4 Å². The number of hydrogen-bond donors (Lipinski definition) is 1. The first-order chi connectivity index (χ1) is 12.7. The lowest BCUT2D eigenvalue weighted by Crippen LogP contribution is -2.67. The van der Waals surface area contributed by atoms with Gasteiger partial charge in [-0.05, 0) is 15.4 Å². The molecule has 0 bridgehead atoms. The monoisotopic (exact) mass is 408 g/mol. The molecule has 27 heavy (non-hydrogen) atoms. The van der Waals surface area contributed by atoms with Gasteiger partial charge in [0.1, 0.15) is 0 Å². The van der Waals surface area contributed by atoms with Crippen LogP contribution >= 0.6 is 7.60 Å². The van der Waals surface area contributed by atoms with E-state index in [2.05, 4.69) is 45.0 Å². The smallest absolute Gasteiger partial charge is 0.360 e. The van der Waals surface area contributed by atoms with Crippen LogP contribution in [0.2, 0.25) is 5.04 Å². The molecule has 0 aliphatic rings. The van der Waals surface area contributed by atoms with Gasteiger partial charge >= 0.3 is 7.60 Å². The summed E-state index contributed by atoms with van der Waals surface area (Å²) in [5, 5.41) is 12.4. The molecule has 1 N–H and O–H groups in total. The van der Waals surface area contributed by atoms with Gasteiger partial charge in [-0.3, -0.25) is 4.57 Å². The van der Waals surface area contributed by atoms with Crippen LogP contribution < -0.4 is 10.4 Å². The minimum Gasteiger partial charge on any atom is -0.404 e. The van der Waals surface area contributed by atoms with Crippen LogP contribution in [0.15, 0.2) is 60.7 Å². The molecule has 5 nitrogen and oxygen atoms in total. The predicted molar refractivity (Wildman–Crippen MR) is 111 cm³/mol. The van der Waals surface area contributed by atoms with Crippen LogP contribution in [0.4, 0.5) is 0 Å². The van der Waals surface area contributed by atoms with E-state index in [4.69, 9.17) is 13.5 Å². The largest absolute Gasteiger partial charge is 0.404 e. The summed E-state index contributed by atoms with van der Waals surface area (Å²) >= 11 is 0. The number of rotatable bonds is 8. The van der Waals surface area contributed by atoms with Crippen molar-refractivity contribution in [3.8, 4) is 0 Å². The van der Waals surface area contributed by atoms with E-state index in [1.165, 1.54) is 14.2 Å². The van der Waals surface area contributed by atoms with Gasteiger partial charge in [-0.2, -0.15) is 0 Å². The van der Waals surface area contributed by atoms with E-state index in [1.54, 1.807) is 0 Å². The molecule has 148 valence electrons. The van der Waals surface area contributed by atoms with Gasteiger partial charge in [-0.15, -0.1) is 0 Å². The average molecular weight is 409 g/mol. The van der Waals surface area contributed by atoms with Gasteiger partial charge in [0.2, 0.25) is 0 Å². The molecule has 0 saturated heterocycles. The Morgan fingerprint density at radius 2 is 1.33 bits per heavy atom. The summed E-state index contributed by atoms with van der Waals surface area (Å²) in [6.45, 7) is 6.26. The fourth-order valence-electron chi connectivity index (χ4n) is 3.37. The zero-order valence-electron chi connectivity index (χ0n) is 16.6. The highest BCUT2D eigenvalue weighted by Gasteiger charge is 2.51. The first-order valence-electron chi connectivity index (χ1n) is 8.85. The highest BCUT2D eigenvalue weighted by Crippen LogP contribution is 2.51. The lowest BCUT2D eigenvalue weighted by atomic mass is 10.2. The standard InChI is InChI=1S/C20H29O5PSi/c1-20(2,3)27(17-12-8-6-9-13-17,18-14-10-7-11-15-18)25-16-19(21)26(22,23-4)24-5/h6-15,19,21H,16H2,1-5H3/t19-/m1/s1. The van der Waals surface area contributed by atoms with Gasteiger partial charge in [-0.1, -0.05) is 81.4 Å². The molecule has 0 aliphatic carbocycles. The summed E-state index contributed by atoms with van der Waals surface area (Å²) in [5.41, 5.74) is 0. The highest BCUT2D eigenvalue weighted by atomic mass is 31.2.